The molecule has 0 aromatic rings. The predicted octanol–water partition coefficient (Wildman–Crippen LogP) is 1.79. The summed E-state index contributed by atoms with van der Waals surface area (Å²) in [4.78, 5) is 0. The molecule has 0 bridgehead atoms. The maximum absolute atomic E-state index is 5.77. The van der Waals surface area contributed by atoms with Crippen molar-refractivity contribution in [3.63, 3.8) is 0 Å². The number of hydrogen-bond donors (Lipinski definition) is 1. The van der Waals surface area contributed by atoms with Gasteiger partial charge in [0.05, 0.1) is 0 Å². The summed E-state index contributed by atoms with van der Waals surface area (Å²) in [6.45, 7) is 9.95. The zero-order valence-corrected chi connectivity index (χ0v) is 8.57. The van der Waals surface area contributed by atoms with Crippen LogP contribution in [-0.2, 0) is 0 Å². The van der Waals surface area contributed by atoms with Crippen molar-refractivity contribution in [3.8, 4) is 0 Å². The van der Waals surface area contributed by atoms with E-state index in [4.69, 9.17) is 5.73 Å². The first kappa shape index (κ1) is 11.1. The van der Waals surface area contributed by atoms with Crippen LogP contribution in [0.15, 0.2) is 35.1 Å². The Labute approximate surface area is 76.4 Å². The van der Waals surface area contributed by atoms with Gasteiger partial charge in [0.15, 0.2) is 0 Å². The van der Waals surface area contributed by atoms with Gasteiger partial charge in [0.25, 0.3) is 0 Å². The van der Waals surface area contributed by atoms with Crippen molar-refractivity contribution in [2.45, 2.75) is 27.1 Å². The zero-order chi connectivity index (χ0) is 9.72. The molecule has 0 saturated heterocycles. The van der Waals surface area contributed by atoms with Gasteiger partial charge in [-0.25, -0.2) is 0 Å². The van der Waals surface area contributed by atoms with Gasteiger partial charge < -0.3 is 5.73 Å². The van der Waals surface area contributed by atoms with Crippen LogP contribution in [-0.4, -0.2) is 7.85 Å². The molecule has 1 nitrogen and oxygen atoms in total. The summed E-state index contributed by atoms with van der Waals surface area (Å²) in [6.07, 6.45) is 2.99. The van der Waals surface area contributed by atoms with Gasteiger partial charge >= 0.3 is 0 Å². The van der Waals surface area contributed by atoms with E-state index in [9.17, 15) is 0 Å². The Kier molecular flexibility index (Phi) is 4.49. The average Bonchev–Trinajstić information content (AvgIpc) is 2.02. The summed E-state index contributed by atoms with van der Waals surface area (Å²) >= 11 is 0. The van der Waals surface area contributed by atoms with Gasteiger partial charge in [-0.3, -0.25) is 0 Å². The van der Waals surface area contributed by atoms with E-state index in [0.29, 0.717) is 0 Å². The fourth-order valence-electron chi connectivity index (χ4n) is 0.819. The summed E-state index contributed by atoms with van der Waals surface area (Å²) in [5.74, 6) is 0. The van der Waals surface area contributed by atoms with Gasteiger partial charge in [-0.1, -0.05) is 18.2 Å². The molecular formula is C10H18BN. The van der Waals surface area contributed by atoms with Crippen LogP contribution in [0.25, 0.3) is 0 Å². The molecule has 0 aliphatic carbocycles. The molecule has 2 heteroatoms. The van der Waals surface area contributed by atoms with Crippen LogP contribution in [0.1, 0.15) is 20.8 Å². The van der Waals surface area contributed by atoms with Crippen molar-refractivity contribution < 1.29 is 0 Å². The molecule has 0 saturated carbocycles. The second-order valence-electron chi connectivity index (χ2n) is 3.17. The molecule has 0 heterocycles. The monoisotopic (exact) mass is 163 g/mol. The van der Waals surface area contributed by atoms with E-state index in [1.54, 1.807) is 0 Å². The van der Waals surface area contributed by atoms with E-state index >= 15 is 0 Å². The molecule has 0 rings (SSSR count). The third-order valence-corrected chi connectivity index (χ3v) is 1.99. The standard InChI is InChI=1S/C10H18BN/c1-7(2)8(3)5-9(4)10(12)6-11/h5H,1,6,11-12H2,2-4H3/b8-5+,10-9-. The lowest BCUT2D eigenvalue weighted by Crippen LogP contribution is -1.98. The van der Waals surface area contributed by atoms with E-state index in [0.717, 1.165) is 23.2 Å². The van der Waals surface area contributed by atoms with E-state index in [1.807, 2.05) is 13.8 Å². The van der Waals surface area contributed by atoms with Crippen LogP contribution in [0, 0.1) is 0 Å². The molecular weight excluding hydrogens is 145 g/mol. The van der Waals surface area contributed by atoms with Gasteiger partial charge in [-0.05, 0) is 38.2 Å². The Morgan fingerprint density at radius 3 is 2.25 bits per heavy atom. The van der Waals surface area contributed by atoms with Gasteiger partial charge in [-0.15, -0.1) is 0 Å². The smallest absolute Gasteiger partial charge is 0.108 e. The molecule has 0 aromatic heterocycles. The Bertz CT molecular complexity index is 236. The predicted molar refractivity (Wildman–Crippen MR) is 58.8 cm³/mol. The Hall–Kier alpha value is -0.915. The number of nitrogens with two attached hydrogens (primary N) is 1. The summed E-state index contributed by atoms with van der Waals surface area (Å²) in [5, 5.41) is 0. The Morgan fingerprint density at radius 2 is 1.92 bits per heavy atom. The molecule has 66 valence electrons. The molecule has 0 atom stereocenters. The highest BCUT2D eigenvalue weighted by Crippen LogP contribution is 2.11. The molecule has 0 unspecified atom stereocenters. The van der Waals surface area contributed by atoms with Gasteiger partial charge in [0, 0.05) is 5.70 Å². The molecule has 0 radical (unpaired) electrons. The minimum absolute atomic E-state index is 0.909. The number of rotatable bonds is 3. The summed E-state index contributed by atoms with van der Waals surface area (Å²) in [7, 11) is 2.06. The van der Waals surface area contributed by atoms with Gasteiger partial charge in [-0.2, -0.15) is 0 Å². The van der Waals surface area contributed by atoms with Crippen LogP contribution < -0.4 is 5.73 Å². The normalized spacial score (nSPS) is 14.1. The molecule has 0 amide bonds. The first-order chi connectivity index (χ1) is 5.49. The molecule has 2 N–H and O–H groups in total. The van der Waals surface area contributed by atoms with Crippen LogP contribution in [0.2, 0.25) is 6.32 Å². The summed E-state index contributed by atoms with van der Waals surface area (Å²) < 4.78 is 0. The van der Waals surface area contributed by atoms with Crippen LogP contribution in [0.3, 0.4) is 0 Å². The molecule has 0 aliphatic heterocycles. The highest BCUT2D eigenvalue weighted by atomic mass is 14.6. The highest BCUT2D eigenvalue weighted by Gasteiger charge is 1.94. The van der Waals surface area contributed by atoms with Crippen LogP contribution in [0.5, 0.6) is 0 Å². The van der Waals surface area contributed by atoms with Crippen molar-refractivity contribution in [2.24, 2.45) is 5.73 Å². The quantitative estimate of drug-likeness (QED) is 0.498. The Balaban J connectivity index is 4.64. The third kappa shape index (κ3) is 3.47. The van der Waals surface area contributed by atoms with E-state index in [2.05, 4.69) is 27.4 Å². The SMILES string of the molecule is BC/C(N)=C(C)/C=C(\C)C(=C)C. The van der Waals surface area contributed by atoms with Crippen LogP contribution in [0.4, 0.5) is 0 Å². The maximum atomic E-state index is 5.77. The topological polar surface area (TPSA) is 26.0 Å². The maximum Gasteiger partial charge on any atom is 0.108 e. The minimum Gasteiger partial charge on any atom is -0.402 e. The number of allylic oxidation sites excluding steroid dienone is 5. The van der Waals surface area contributed by atoms with Crippen LogP contribution >= 0.6 is 0 Å². The Morgan fingerprint density at radius 1 is 1.42 bits per heavy atom. The minimum atomic E-state index is 0.909. The lowest BCUT2D eigenvalue weighted by atomic mass is 9.97. The second kappa shape index (κ2) is 4.86. The summed E-state index contributed by atoms with van der Waals surface area (Å²) in [5.41, 5.74) is 10.2. The first-order valence-corrected chi connectivity index (χ1v) is 4.28. The van der Waals surface area contributed by atoms with E-state index < -0.39 is 0 Å². The molecule has 0 fully saturated rings. The zero-order valence-electron chi connectivity index (χ0n) is 8.57. The third-order valence-electron chi connectivity index (χ3n) is 1.99. The number of hydrogen-bond acceptors (Lipinski definition) is 1. The second-order valence-corrected chi connectivity index (χ2v) is 3.17. The highest BCUT2D eigenvalue weighted by molar-refractivity contribution is 6.10. The van der Waals surface area contributed by atoms with Gasteiger partial charge in [0.2, 0.25) is 0 Å². The fraction of sp³-hybridized carbons (Fsp3) is 0.400. The first-order valence-electron chi connectivity index (χ1n) is 4.28. The summed E-state index contributed by atoms with van der Waals surface area (Å²) in [6, 6.07) is 0. The molecule has 12 heavy (non-hydrogen) atoms. The van der Waals surface area contributed by atoms with Crippen molar-refractivity contribution in [1.82, 2.24) is 0 Å². The lowest BCUT2D eigenvalue weighted by molar-refractivity contribution is 1.22. The average molecular weight is 163 g/mol. The lowest BCUT2D eigenvalue weighted by Gasteiger charge is -2.03. The van der Waals surface area contributed by atoms with Crippen molar-refractivity contribution in [2.75, 3.05) is 0 Å². The molecule has 0 spiro atoms. The van der Waals surface area contributed by atoms with E-state index in [-0.39, 0.29) is 0 Å². The molecule has 0 aliphatic rings. The largest absolute Gasteiger partial charge is 0.402 e. The van der Waals surface area contributed by atoms with Crippen molar-refractivity contribution in [1.29, 1.82) is 0 Å². The van der Waals surface area contributed by atoms with E-state index in [1.165, 1.54) is 5.57 Å². The van der Waals surface area contributed by atoms with Crippen molar-refractivity contribution in [3.05, 3.63) is 35.1 Å². The van der Waals surface area contributed by atoms with Gasteiger partial charge in [0.1, 0.15) is 7.85 Å². The fourth-order valence-corrected chi connectivity index (χ4v) is 0.819. The van der Waals surface area contributed by atoms with Crippen molar-refractivity contribution >= 4 is 7.85 Å². The molecule has 0 aromatic carbocycles.